The number of carbonyl (C=O) groups is 1. The standard InChI is InChI=1S/C15H31NO2/c1-5-7-8-9-11-15(3,6-2)14(17)16-12-10-13-18-4/h5-13H2,1-4H3,(H,16,17). The number of nitrogens with one attached hydrogen (secondary N) is 1. The van der Waals surface area contributed by atoms with Gasteiger partial charge in [-0.15, -0.1) is 0 Å². The summed E-state index contributed by atoms with van der Waals surface area (Å²) < 4.78 is 4.98. The SMILES string of the molecule is CCCCCCC(C)(CC)C(=O)NCCCOC. The zero-order chi connectivity index (χ0) is 13.9. The summed E-state index contributed by atoms with van der Waals surface area (Å²) in [6.45, 7) is 7.83. The lowest BCUT2D eigenvalue weighted by atomic mass is 9.81. The molecule has 0 saturated carbocycles. The van der Waals surface area contributed by atoms with E-state index >= 15 is 0 Å². The number of methoxy groups -OCH3 is 1. The molecule has 0 saturated heterocycles. The number of rotatable bonds is 11. The molecule has 1 atom stereocenters. The van der Waals surface area contributed by atoms with Crippen LogP contribution in [0.15, 0.2) is 0 Å². The van der Waals surface area contributed by atoms with E-state index in [-0.39, 0.29) is 11.3 Å². The van der Waals surface area contributed by atoms with Crippen LogP contribution in [0, 0.1) is 5.41 Å². The van der Waals surface area contributed by atoms with Gasteiger partial charge in [0.1, 0.15) is 0 Å². The predicted octanol–water partition coefficient (Wildman–Crippen LogP) is 3.53. The molecule has 0 aromatic carbocycles. The maximum absolute atomic E-state index is 12.2. The molecule has 0 fully saturated rings. The average molecular weight is 257 g/mol. The lowest BCUT2D eigenvalue weighted by molar-refractivity contribution is -0.130. The second kappa shape index (κ2) is 10.4. The molecule has 0 aromatic rings. The first-order valence-electron chi connectivity index (χ1n) is 7.38. The highest BCUT2D eigenvalue weighted by Gasteiger charge is 2.29. The topological polar surface area (TPSA) is 38.3 Å². The Hall–Kier alpha value is -0.570. The maximum atomic E-state index is 12.2. The Kier molecular flexibility index (Phi) is 10.0. The quantitative estimate of drug-likeness (QED) is 0.575. The smallest absolute Gasteiger partial charge is 0.225 e. The van der Waals surface area contributed by atoms with Gasteiger partial charge in [-0.25, -0.2) is 0 Å². The van der Waals surface area contributed by atoms with E-state index in [0.29, 0.717) is 6.61 Å². The van der Waals surface area contributed by atoms with Crippen molar-refractivity contribution in [2.24, 2.45) is 5.41 Å². The first-order chi connectivity index (χ1) is 8.60. The number of carbonyl (C=O) groups excluding carboxylic acids is 1. The van der Waals surface area contributed by atoms with E-state index in [2.05, 4.69) is 26.1 Å². The van der Waals surface area contributed by atoms with Gasteiger partial charge in [-0.3, -0.25) is 4.79 Å². The third-order valence-electron chi connectivity index (χ3n) is 3.72. The fraction of sp³-hybridized carbons (Fsp3) is 0.933. The molecule has 0 aliphatic carbocycles. The van der Waals surface area contributed by atoms with Crippen LogP contribution in [0.1, 0.15) is 65.7 Å². The van der Waals surface area contributed by atoms with Crippen LogP contribution in [0.3, 0.4) is 0 Å². The van der Waals surface area contributed by atoms with Crippen molar-refractivity contribution in [3.63, 3.8) is 0 Å². The van der Waals surface area contributed by atoms with E-state index in [9.17, 15) is 4.79 Å². The van der Waals surface area contributed by atoms with Gasteiger partial charge in [-0.05, 0) is 19.3 Å². The van der Waals surface area contributed by atoms with Crippen molar-refractivity contribution in [3.05, 3.63) is 0 Å². The summed E-state index contributed by atoms with van der Waals surface area (Å²) in [5, 5.41) is 3.03. The van der Waals surface area contributed by atoms with Crippen molar-refractivity contribution in [1.29, 1.82) is 0 Å². The van der Waals surface area contributed by atoms with Crippen LogP contribution in [0.5, 0.6) is 0 Å². The summed E-state index contributed by atoms with van der Waals surface area (Å²) >= 11 is 0. The average Bonchev–Trinajstić information content (AvgIpc) is 2.39. The van der Waals surface area contributed by atoms with Crippen LogP contribution in [0.2, 0.25) is 0 Å². The van der Waals surface area contributed by atoms with Crippen molar-refractivity contribution in [2.75, 3.05) is 20.3 Å². The highest BCUT2D eigenvalue weighted by Crippen LogP contribution is 2.28. The summed E-state index contributed by atoms with van der Waals surface area (Å²) in [7, 11) is 1.69. The van der Waals surface area contributed by atoms with E-state index in [4.69, 9.17) is 4.74 Å². The number of hydrogen-bond acceptors (Lipinski definition) is 2. The van der Waals surface area contributed by atoms with Gasteiger partial charge in [0.25, 0.3) is 0 Å². The maximum Gasteiger partial charge on any atom is 0.225 e. The molecule has 1 amide bonds. The first-order valence-corrected chi connectivity index (χ1v) is 7.38. The Bertz CT molecular complexity index is 219. The van der Waals surface area contributed by atoms with Crippen molar-refractivity contribution >= 4 is 5.91 Å². The molecule has 0 bridgehead atoms. The molecule has 108 valence electrons. The second-order valence-electron chi connectivity index (χ2n) is 5.33. The number of ether oxygens (including phenoxy) is 1. The Balaban J connectivity index is 3.97. The fourth-order valence-electron chi connectivity index (χ4n) is 2.02. The van der Waals surface area contributed by atoms with Crippen LogP contribution in [-0.4, -0.2) is 26.2 Å². The second-order valence-corrected chi connectivity index (χ2v) is 5.33. The number of unbranched alkanes of at least 4 members (excludes halogenated alkanes) is 3. The van der Waals surface area contributed by atoms with E-state index in [1.165, 1.54) is 19.3 Å². The van der Waals surface area contributed by atoms with Crippen LogP contribution < -0.4 is 5.32 Å². The molecule has 0 radical (unpaired) electrons. The molecule has 0 aliphatic rings. The minimum Gasteiger partial charge on any atom is -0.385 e. The summed E-state index contributed by atoms with van der Waals surface area (Å²) in [4.78, 5) is 12.2. The van der Waals surface area contributed by atoms with Gasteiger partial charge >= 0.3 is 0 Å². The third kappa shape index (κ3) is 7.00. The molecule has 0 aliphatic heterocycles. The Morgan fingerprint density at radius 2 is 1.89 bits per heavy atom. The van der Waals surface area contributed by atoms with Crippen molar-refractivity contribution < 1.29 is 9.53 Å². The van der Waals surface area contributed by atoms with Gasteiger partial charge in [0.15, 0.2) is 0 Å². The lowest BCUT2D eigenvalue weighted by Gasteiger charge is -2.27. The number of amides is 1. The summed E-state index contributed by atoms with van der Waals surface area (Å²) in [5.41, 5.74) is -0.194. The normalized spacial score (nSPS) is 14.2. The molecule has 1 N–H and O–H groups in total. The molecule has 0 heterocycles. The van der Waals surface area contributed by atoms with Gasteiger partial charge < -0.3 is 10.1 Å². The zero-order valence-electron chi connectivity index (χ0n) is 12.7. The molecular formula is C15H31NO2. The van der Waals surface area contributed by atoms with Crippen molar-refractivity contribution in [1.82, 2.24) is 5.32 Å². The van der Waals surface area contributed by atoms with E-state index in [1.807, 2.05) is 0 Å². The first kappa shape index (κ1) is 17.4. The van der Waals surface area contributed by atoms with Crippen LogP contribution >= 0.6 is 0 Å². The molecular weight excluding hydrogens is 226 g/mol. The van der Waals surface area contributed by atoms with Gasteiger partial charge in [-0.2, -0.15) is 0 Å². The molecule has 0 rings (SSSR count). The lowest BCUT2D eigenvalue weighted by Crippen LogP contribution is -2.39. The van der Waals surface area contributed by atoms with Crippen LogP contribution in [0.25, 0.3) is 0 Å². The fourth-order valence-corrected chi connectivity index (χ4v) is 2.02. The van der Waals surface area contributed by atoms with Gasteiger partial charge in [0.2, 0.25) is 5.91 Å². The zero-order valence-corrected chi connectivity index (χ0v) is 12.7. The van der Waals surface area contributed by atoms with Crippen molar-refractivity contribution in [3.8, 4) is 0 Å². The molecule has 3 nitrogen and oxygen atoms in total. The van der Waals surface area contributed by atoms with Crippen LogP contribution in [-0.2, 0) is 9.53 Å². The summed E-state index contributed by atoms with van der Waals surface area (Å²) in [6, 6.07) is 0. The van der Waals surface area contributed by atoms with E-state index in [0.717, 1.165) is 32.2 Å². The summed E-state index contributed by atoms with van der Waals surface area (Å²) in [6.07, 6.45) is 7.71. The minimum absolute atomic E-state index is 0.194. The minimum atomic E-state index is -0.194. The molecule has 3 heteroatoms. The van der Waals surface area contributed by atoms with Crippen LogP contribution in [0.4, 0.5) is 0 Å². The van der Waals surface area contributed by atoms with Crippen molar-refractivity contribution in [2.45, 2.75) is 65.7 Å². The highest BCUT2D eigenvalue weighted by atomic mass is 16.5. The largest absolute Gasteiger partial charge is 0.385 e. The van der Waals surface area contributed by atoms with E-state index < -0.39 is 0 Å². The highest BCUT2D eigenvalue weighted by molar-refractivity contribution is 5.82. The third-order valence-corrected chi connectivity index (χ3v) is 3.72. The Morgan fingerprint density at radius 3 is 2.44 bits per heavy atom. The van der Waals surface area contributed by atoms with Gasteiger partial charge in [-0.1, -0.05) is 46.5 Å². The van der Waals surface area contributed by atoms with Gasteiger partial charge in [0.05, 0.1) is 0 Å². The van der Waals surface area contributed by atoms with E-state index in [1.54, 1.807) is 7.11 Å². The Labute approximate surface area is 113 Å². The Morgan fingerprint density at radius 1 is 1.17 bits per heavy atom. The molecule has 1 unspecified atom stereocenters. The molecule has 18 heavy (non-hydrogen) atoms. The predicted molar refractivity (Wildman–Crippen MR) is 76.7 cm³/mol. The summed E-state index contributed by atoms with van der Waals surface area (Å²) in [5.74, 6) is 0.206. The molecule has 0 spiro atoms. The monoisotopic (exact) mass is 257 g/mol. The van der Waals surface area contributed by atoms with Gasteiger partial charge in [0, 0.05) is 25.7 Å². The molecule has 0 aromatic heterocycles. The number of hydrogen-bond donors (Lipinski definition) is 1.